The summed E-state index contributed by atoms with van der Waals surface area (Å²) >= 11 is 1.02. The monoisotopic (exact) mass is 432 g/mol. The van der Waals surface area contributed by atoms with Gasteiger partial charge in [0.05, 0.1) is 5.69 Å². The predicted molar refractivity (Wildman–Crippen MR) is 113 cm³/mol. The maximum atomic E-state index is 14.3. The summed E-state index contributed by atoms with van der Waals surface area (Å²) in [4.78, 5) is 12.4. The minimum Gasteiger partial charge on any atom is -0.355 e. The van der Waals surface area contributed by atoms with Gasteiger partial charge in [0.1, 0.15) is 16.6 Å². The summed E-state index contributed by atoms with van der Waals surface area (Å²) in [5.41, 5.74) is 1.01. The van der Waals surface area contributed by atoms with E-state index in [0.717, 1.165) is 27.6 Å². The summed E-state index contributed by atoms with van der Waals surface area (Å²) in [5, 5.41) is 4.35. The predicted octanol–water partition coefficient (Wildman–Crippen LogP) is 3.83. The van der Waals surface area contributed by atoms with E-state index in [-0.39, 0.29) is 9.90 Å². The van der Waals surface area contributed by atoms with Gasteiger partial charge in [0.25, 0.3) is 10.0 Å². The van der Waals surface area contributed by atoms with Crippen LogP contribution in [0.3, 0.4) is 0 Å². The smallest absolute Gasteiger partial charge is 0.274 e. The van der Waals surface area contributed by atoms with Gasteiger partial charge in [0.15, 0.2) is 0 Å². The normalized spacial score (nSPS) is 11.2. The van der Waals surface area contributed by atoms with Crippen molar-refractivity contribution in [3.8, 4) is 0 Å². The lowest BCUT2D eigenvalue weighted by Crippen LogP contribution is -2.41. The fourth-order valence-electron chi connectivity index (χ4n) is 2.82. The maximum Gasteiger partial charge on any atom is 0.274 e. The number of thiophene rings is 1. The standard InChI is InChI=1S/C21H21FN2O3S2/c22-18-11-4-5-12-19(18)24(29(26,27)21-13-7-15-28-21)16-20(25)23-14-6-10-17-8-2-1-3-9-17/h1-5,7-9,11-13,15H,6,10,14,16H2,(H,23,25). The molecule has 1 N–H and O–H groups in total. The van der Waals surface area contributed by atoms with E-state index in [4.69, 9.17) is 0 Å². The van der Waals surface area contributed by atoms with Crippen molar-refractivity contribution in [2.45, 2.75) is 17.1 Å². The number of aryl methyl sites for hydroxylation is 1. The van der Waals surface area contributed by atoms with Gasteiger partial charge in [-0.3, -0.25) is 9.10 Å². The van der Waals surface area contributed by atoms with Crippen LogP contribution in [0.25, 0.3) is 0 Å². The molecule has 0 aliphatic heterocycles. The van der Waals surface area contributed by atoms with E-state index >= 15 is 0 Å². The first-order valence-electron chi connectivity index (χ1n) is 9.10. The lowest BCUT2D eigenvalue weighted by Gasteiger charge is -2.23. The van der Waals surface area contributed by atoms with E-state index in [1.807, 2.05) is 30.3 Å². The molecule has 0 fully saturated rings. The largest absolute Gasteiger partial charge is 0.355 e. The highest BCUT2D eigenvalue weighted by Gasteiger charge is 2.29. The van der Waals surface area contributed by atoms with Crippen LogP contribution in [0, 0.1) is 5.82 Å². The molecule has 0 bridgehead atoms. The molecule has 0 aliphatic rings. The number of hydrogen-bond donors (Lipinski definition) is 1. The Hall–Kier alpha value is -2.71. The zero-order valence-corrected chi connectivity index (χ0v) is 17.3. The molecule has 0 unspecified atom stereocenters. The van der Waals surface area contributed by atoms with Gasteiger partial charge in [-0.2, -0.15) is 0 Å². The first-order valence-corrected chi connectivity index (χ1v) is 11.4. The van der Waals surface area contributed by atoms with Crippen molar-refractivity contribution in [2.75, 3.05) is 17.4 Å². The lowest BCUT2D eigenvalue weighted by molar-refractivity contribution is -0.119. The van der Waals surface area contributed by atoms with Crippen molar-refractivity contribution >= 4 is 33.0 Å². The molecule has 1 amide bonds. The van der Waals surface area contributed by atoms with Crippen LogP contribution in [0.4, 0.5) is 10.1 Å². The fourth-order valence-corrected chi connectivity index (χ4v) is 5.36. The van der Waals surface area contributed by atoms with Crippen LogP contribution in [-0.2, 0) is 21.2 Å². The molecule has 3 aromatic rings. The van der Waals surface area contributed by atoms with Gasteiger partial charge < -0.3 is 5.32 Å². The Kier molecular flexibility index (Phi) is 7.00. The Morgan fingerprint density at radius 3 is 2.41 bits per heavy atom. The molecule has 0 radical (unpaired) electrons. The van der Waals surface area contributed by atoms with Gasteiger partial charge in [0, 0.05) is 6.54 Å². The number of hydrogen-bond acceptors (Lipinski definition) is 4. The number of carbonyl (C=O) groups is 1. The van der Waals surface area contributed by atoms with Crippen LogP contribution < -0.4 is 9.62 Å². The fraction of sp³-hybridized carbons (Fsp3) is 0.190. The van der Waals surface area contributed by atoms with Gasteiger partial charge >= 0.3 is 0 Å². The highest BCUT2D eigenvalue weighted by Crippen LogP contribution is 2.28. The van der Waals surface area contributed by atoms with Crippen molar-refractivity contribution in [1.29, 1.82) is 0 Å². The van der Waals surface area contributed by atoms with Gasteiger partial charge in [-0.05, 0) is 42.0 Å². The molecule has 29 heavy (non-hydrogen) atoms. The molecule has 2 aromatic carbocycles. The van der Waals surface area contributed by atoms with Gasteiger partial charge in [-0.15, -0.1) is 11.3 Å². The summed E-state index contributed by atoms with van der Waals surface area (Å²) in [6.07, 6.45) is 1.51. The minimum atomic E-state index is -4.05. The molecule has 152 valence electrons. The Bertz CT molecular complexity index is 1040. The number of anilines is 1. The zero-order chi connectivity index (χ0) is 20.7. The Morgan fingerprint density at radius 1 is 1.00 bits per heavy atom. The second-order valence-electron chi connectivity index (χ2n) is 6.33. The second kappa shape index (κ2) is 9.67. The summed E-state index contributed by atoms with van der Waals surface area (Å²) in [7, 11) is -4.05. The Balaban J connectivity index is 1.68. The number of carbonyl (C=O) groups excluding carboxylic acids is 1. The Morgan fingerprint density at radius 2 is 1.72 bits per heavy atom. The van der Waals surface area contributed by atoms with Crippen LogP contribution in [0.1, 0.15) is 12.0 Å². The molecule has 3 rings (SSSR count). The quantitative estimate of drug-likeness (QED) is 0.523. The van der Waals surface area contributed by atoms with Crippen molar-refractivity contribution < 1.29 is 17.6 Å². The first-order chi connectivity index (χ1) is 14.0. The third kappa shape index (κ3) is 5.42. The molecule has 0 atom stereocenters. The summed E-state index contributed by atoms with van der Waals surface area (Å²) in [5.74, 6) is -1.19. The van der Waals surface area contributed by atoms with Gasteiger partial charge in [-0.1, -0.05) is 48.5 Å². The molecular weight excluding hydrogens is 411 g/mol. The minimum absolute atomic E-state index is 0.0534. The number of nitrogens with zero attached hydrogens (tertiary/aromatic N) is 1. The lowest BCUT2D eigenvalue weighted by atomic mass is 10.1. The van der Waals surface area contributed by atoms with Crippen molar-refractivity contribution in [1.82, 2.24) is 5.32 Å². The van der Waals surface area contributed by atoms with Crippen molar-refractivity contribution in [3.05, 3.63) is 83.5 Å². The highest BCUT2D eigenvalue weighted by molar-refractivity contribution is 7.94. The van der Waals surface area contributed by atoms with Crippen LogP contribution in [-0.4, -0.2) is 27.4 Å². The number of amides is 1. The summed E-state index contributed by atoms with van der Waals surface area (Å²) in [6.45, 7) is -0.0929. The van der Waals surface area contributed by atoms with E-state index in [2.05, 4.69) is 5.32 Å². The van der Waals surface area contributed by atoms with Gasteiger partial charge in [0.2, 0.25) is 5.91 Å². The van der Waals surface area contributed by atoms with E-state index in [1.165, 1.54) is 30.3 Å². The van der Waals surface area contributed by atoms with Crippen LogP contribution in [0.15, 0.2) is 76.3 Å². The molecule has 1 aromatic heterocycles. The highest BCUT2D eigenvalue weighted by atomic mass is 32.2. The van der Waals surface area contributed by atoms with E-state index in [1.54, 1.807) is 11.4 Å². The number of halogens is 1. The second-order valence-corrected chi connectivity index (χ2v) is 9.37. The van der Waals surface area contributed by atoms with Crippen LogP contribution in [0.2, 0.25) is 0 Å². The number of nitrogens with one attached hydrogen (secondary N) is 1. The third-order valence-electron chi connectivity index (χ3n) is 4.26. The summed E-state index contributed by atoms with van der Waals surface area (Å²) < 4.78 is 41.2. The van der Waals surface area contributed by atoms with E-state index in [9.17, 15) is 17.6 Å². The Labute approximate surface area is 173 Å². The zero-order valence-electron chi connectivity index (χ0n) is 15.6. The summed E-state index contributed by atoms with van der Waals surface area (Å²) in [6, 6.07) is 18.4. The van der Waals surface area contributed by atoms with Gasteiger partial charge in [-0.25, -0.2) is 12.8 Å². The number of sulfonamides is 1. The molecule has 0 spiro atoms. The van der Waals surface area contributed by atoms with Crippen LogP contribution >= 0.6 is 11.3 Å². The van der Waals surface area contributed by atoms with E-state index < -0.39 is 28.3 Å². The molecule has 1 heterocycles. The number of para-hydroxylation sites is 1. The van der Waals surface area contributed by atoms with Crippen molar-refractivity contribution in [3.63, 3.8) is 0 Å². The number of rotatable bonds is 9. The molecule has 0 aliphatic carbocycles. The third-order valence-corrected chi connectivity index (χ3v) is 7.39. The van der Waals surface area contributed by atoms with E-state index in [0.29, 0.717) is 13.0 Å². The molecule has 0 saturated heterocycles. The average Bonchev–Trinajstić information content (AvgIpc) is 3.27. The SMILES string of the molecule is O=C(CN(c1ccccc1F)S(=O)(=O)c1cccs1)NCCCc1ccccc1. The average molecular weight is 433 g/mol. The van der Waals surface area contributed by atoms with Crippen LogP contribution in [0.5, 0.6) is 0 Å². The first kappa shape index (κ1) is 21.0. The topological polar surface area (TPSA) is 66.5 Å². The molecule has 0 saturated carbocycles. The molecular formula is C21H21FN2O3S2. The molecule has 5 nitrogen and oxygen atoms in total. The number of benzene rings is 2. The molecule has 8 heteroatoms. The van der Waals surface area contributed by atoms with Crippen molar-refractivity contribution in [2.24, 2.45) is 0 Å². The maximum absolute atomic E-state index is 14.3.